The van der Waals surface area contributed by atoms with Gasteiger partial charge in [-0.25, -0.2) is 14.4 Å². The average molecular weight is 451 g/mol. The summed E-state index contributed by atoms with van der Waals surface area (Å²) in [4.78, 5) is 9.06. The normalized spacial score (nSPS) is 11.8. The lowest BCUT2D eigenvalue weighted by Gasteiger charge is -2.10. The molecule has 0 aliphatic heterocycles. The molecule has 0 aliphatic carbocycles. The van der Waals surface area contributed by atoms with Gasteiger partial charge in [0.15, 0.2) is 5.82 Å². The van der Waals surface area contributed by atoms with Crippen LogP contribution in [0.15, 0.2) is 60.9 Å². The van der Waals surface area contributed by atoms with Crippen molar-refractivity contribution in [3.63, 3.8) is 0 Å². The van der Waals surface area contributed by atoms with E-state index in [2.05, 4.69) is 23.8 Å². The summed E-state index contributed by atoms with van der Waals surface area (Å²) in [6.07, 6.45) is 9.93. The molecule has 0 spiro atoms. The first kappa shape index (κ1) is 24.7. The number of nitrogens with zero attached hydrogens (tertiary/aromatic N) is 2. The average Bonchev–Trinajstić information content (AvgIpc) is 2.87. The molecule has 33 heavy (non-hydrogen) atoms. The highest BCUT2D eigenvalue weighted by molar-refractivity contribution is 5.64. The second-order valence-corrected chi connectivity index (χ2v) is 8.30. The maximum absolute atomic E-state index is 13.8. The van der Waals surface area contributed by atoms with Crippen molar-refractivity contribution in [1.29, 1.82) is 0 Å². The fraction of sp³-hybridized carbons (Fsp3) is 0.429. The van der Waals surface area contributed by atoms with Crippen LogP contribution in [0.5, 0.6) is 11.5 Å². The molecule has 1 atom stereocenters. The minimum atomic E-state index is -0.919. The molecule has 0 amide bonds. The molecule has 3 rings (SSSR count). The van der Waals surface area contributed by atoms with Gasteiger partial charge in [0.1, 0.15) is 24.3 Å². The highest BCUT2D eigenvalue weighted by atomic mass is 19.1. The fourth-order valence-corrected chi connectivity index (χ4v) is 3.48. The second kappa shape index (κ2) is 13.6. The Morgan fingerprint density at radius 3 is 1.94 bits per heavy atom. The zero-order valence-corrected chi connectivity index (χ0v) is 19.8. The summed E-state index contributed by atoms with van der Waals surface area (Å²) in [5.41, 5.74) is 2.86. The molecule has 0 aliphatic rings. The number of unbranched alkanes of at least 4 members (excludes halogenated alkanes) is 4. The third-order valence-corrected chi connectivity index (χ3v) is 5.52. The van der Waals surface area contributed by atoms with Crippen molar-refractivity contribution in [1.82, 2.24) is 9.97 Å². The van der Waals surface area contributed by atoms with E-state index in [1.54, 1.807) is 0 Å². The van der Waals surface area contributed by atoms with E-state index in [-0.39, 0.29) is 6.61 Å². The van der Waals surface area contributed by atoms with Gasteiger partial charge in [-0.3, -0.25) is 0 Å². The van der Waals surface area contributed by atoms with Crippen LogP contribution < -0.4 is 9.47 Å². The van der Waals surface area contributed by atoms with Gasteiger partial charge in [0.05, 0.1) is 6.61 Å². The lowest BCUT2D eigenvalue weighted by Crippen LogP contribution is -2.12. The Morgan fingerprint density at radius 2 is 1.30 bits per heavy atom. The molecule has 0 bridgehead atoms. The van der Waals surface area contributed by atoms with Gasteiger partial charge in [-0.1, -0.05) is 58.1 Å². The lowest BCUT2D eigenvalue weighted by molar-refractivity contribution is 0.184. The van der Waals surface area contributed by atoms with Crippen LogP contribution >= 0.6 is 0 Å². The van der Waals surface area contributed by atoms with E-state index in [4.69, 9.17) is 9.47 Å². The first-order chi connectivity index (χ1) is 16.2. The number of benzene rings is 2. The van der Waals surface area contributed by atoms with Gasteiger partial charge < -0.3 is 9.47 Å². The second-order valence-electron chi connectivity index (χ2n) is 8.30. The molecular formula is C28H35FN2O2. The van der Waals surface area contributed by atoms with Crippen LogP contribution in [-0.4, -0.2) is 29.4 Å². The van der Waals surface area contributed by atoms with Crippen molar-refractivity contribution >= 4 is 0 Å². The number of hydrogen-bond acceptors (Lipinski definition) is 4. The fourth-order valence-electron chi connectivity index (χ4n) is 3.48. The zero-order valence-electron chi connectivity index (χ0n) is 19.8. The van der Waals surface area contributed by atoms with Crippen LogP contribution in [0.3, 0.4) is 0 Å². The maximum atomic E-state index is 13.8. The third kappa shape index (κ3) is 8.16. The largest absolute Gasteiger partial charge is 0.494 e. The first-order valence-electron chi connectivity index (χ1n) is 12.1. The summed E-state index contributed by atoms with van der Waals surface area (Å²) in [5.74, 6) is 2.22. The molecule has 1 unspecified atom stereocenters. The standard InChI is InChI=1S/C28H35FN2O2/c1-3-5-7-8-18-32-26-16-12-23(13-17-26)28-30-19-24(20-31-28)22-10-14-27(15-11-22)33-21-25(29)9-6-4-2/h10-17,19-20,25H,3-9,18,21H2,1-2H3. The monoisotopic (exact) mass is 450 g/mol. The van der Waals surface area contributed by atoms with Crippen LogP contribution in [0.4, 0.5) is 4.39 Å². The third-order valence-electron chi connectivity index (χ3n) is 5.52. The van der Waals surface area contributed by atoms with Gasteiger partial charge in [0.25, 0.3) is 0 Å². The SMILES string of the molecule is CCCCCCOc1ccc(-c2ncc(-c3ccc(OCC(F)CCCC)cc3)cn2)cc1. The van der Waals surface area contributed by atoms with E-state index in [0.29, 0.717) is 18.0 Å². The van der Waals surface area contributed by atoms with E-state index in [0.717, 1.165) is 48.3 Å². The van der Waals surface area contributed by atoms with Crippen LogP contribution in [0.25, 0.3) is 22.5 Å². The summed E-state index contributed by atoms with van der Waals surface area (Å²) < 4.78 is 25.1. The molecule has 4 nitrogen and oxygen atoms in total. The van der Waals surface area contributed by atoms with E-state index in [9.17, 15) is 4.39 Å². The van der Waals surface area contributed by atoms with E-state index in [1.807, 2.05) is 60.9 Å². The van der Waals surface area contributed by atoms with Gasteiger partial charge in [-0.15, -0.1) is 0 Å². The Bertz CT molecular complexity index is 928. The van der Waals surface area contributed by atoms with Gasteiger partial charge in [0, 0.05) is 23.5 Å². The van der Waals surface area contributed by atoms with Gasteiger partial charge in [-0.2, -0.15) is 0 Å². The maximum Gasteiger partial charge on any atom is 0.159 e. The Kier molecular flexibility index (Phi) is 10.1. The highest BCUT2D eigenvalue weighted by Gasteiger charge is 2.08. The summed E-state index contributed by atoms with van der Waals surface area (Å²) >= 11 is 0. The van der Waals surface area contributed by atoms with E-state index in [1.165, 1.54) is 19.3 Å². The molecule has 3 aromatic rings. The molecule has 176 valence electrons. The van der Waals surface area contributed by atoms with Crippen LogP contribution in [0, 0.1) is 0 Å². The molecule has 0 N–H and O–H groups in total. The lowest BCUT2D eigenvalue weighted by atomic mass is 10.1. The predicted octanol–water partition coefficient (Wildman–Crippen LogP) is 7.68. The van der Waals surface area contributed by atoms with E-state index < -0.39 is 6.17 Å². The number of hydrogen-bond donors (Lipinski definition) is 0. The van der Waals surface area contributed by atoms with Crippen LogP contribution in [-0.2, 0) is 0 Å². The highest BCUT2D eigenvalue weighted by Crippen LogP contribution is 2.24. The van der Waals surface area contributed by atoms with Gasteiger partial charge in [0.2, 0.25) is 0 Å². The van der Waals surface area contributed by atoms with Crippen molar-refractivity contribution in [3.8, 4) is 34.0 Å². The summed E-state index contributed by atoms with van der Waals surface area (Å²) in [6.45, 7) is 5.12. The minimum Gasteiger partial charge on any atom is -0.494 e. The molecule has 0 radical (unpaired) electrons. The Labute approximate surface area is 197 Å². The van der Waals surface area contributed by atoms with E-state index >= 15 is 0 Å². The van der Waals surface area contributed by atoms with Crippen molar-refractivity contribution in [2.75, 3.05) is 13.2 Å². The quantitative estimate of drug-likeness (QED) is 0.236. The number of rotatable bonds is 14. The number of halogens is 1. The molecule has 0 saturated carbocycles. The Morgan fingerprint density at radius 1 is 0.697 bits per heavy atom. The van der Waals surface area contributed by atoms with Crippen LogP contribution in [0.2, 0.25) is 0 Å². The summed E-state index contributed by atoms with van der Waals surface area (Å²) in [7, 11) is 0. The van der Waals surface area contributed by atoms with Gasteiger partial charge >= 0.3 is 0 Å². The first-order valence-corrected chi connectivity index (χ1v) is 12.1. The molecule has 2 aromatic carbocycles. The molecule has 0 saturated heterocycles. The summed E-state index contributed by atoms with van der Waals surface area (Å²) in [6, 6.07) is 15.5. The Hall–Kier alpha value is -2.95. The van der Waals surface area contributed by atoms with Crippen LogP contribution in [0.1, 0.15) is 58.8 Å². The topological polar surface area (TPSA) is 44.2 Å². The number of aromatic nitrogens is 2. The van der Waals surface area contributed by atoms with Crippen molar-refractivity contribution in [3.05, 3.63) is 60.9 Å². The molecule has 5 heteroatoms. The molecule has 1 aromatic heterocycles. The zero-order chi connectivity index (χ0) is 23.3. The van der Waals surface area contributed by atoms with Crippen molar-refractivity contribution in [2.45, 2.75) is 65.0 Å². The Balaban J connectivity index is 1.52. The van der Waals surface area contributed by atoms with Crippen molar-refractivity contribution < 1.29 is 13.9 Å². The van der Waals surface area contributed by atoms with Crippen molar-refractivity contribution in [2.24, 2.45) is 0 Å². The predicted molar refractivity (Wildman–Crippen MR) is 132 cm³/mol. The molecule has 1 heterocycles. The number of ether oxygens (including phenoxy) is 2. The number of alkyl halides is 1. The molecular weight excluding hydrogens is 415 g/mol. The van der Waals surface area contributed by atoms with Gasteiger partial charge in [-0.05, 0) is 54.8 Å². The minimum absolute atomic E-state index is 0.0971. The summed E-state index contributed by atoms with van der Waals surface area (Å²) in [5, 5.41) is 0. The molecule has 0 fully saturated rings. The smallest absolute Gasteiger partial charge is 0.159 e.